The summed E-state index contributed by atoms with van der Waals surface area (Å²) in [6.07, 6.45) is 1.92. The Labute approximate surface area is 185 Å². The van der Waals surface area contributed by atoms with Gasteiger partial charge in [0.1, 0.15) is 5.75 Å². The first-order valence-corrected chi connectivity index (χ1v) is 11.0. The number of ether oxygens (including phenoxy) is 1. The number of carbonyl (C=O) groups is 1. The molecule has 0 spiro atoms. The zero-order chi connectivity index (χ0) is 22.2. The second kappa shape index (κ2) is 10.8. The average molecular weight is 423 g/mol. The Morgan fingerprint density at radius 1 is 1.23 bits per heavy atom. The van der Waals surface area contributed by atoms with Crippen LogP contribution in [0, 0.1) is 0 Å². The summed E-state index contributed by atoms with van der Waals surface area (Å²) in [5.74, 6) is 2.40. The van der Waals surface area contributed by atoms with E-state index in [1.165, 1.54) is 5.56 Å². The van der Waals surface area contributed by atoms with E-state index in [0.29, 0.717) is 12.5 Å². The first-order chi connectivity index (χ1) is 15.0. The quantitative estimate of drug-likeness (QED) is 0.549. The first kappa shape index (κ1) is 22.7. The molecule has 0 aromatic heterocycles. The normalized spacial score (nSPS) is 16.3. The van der Waals surface area contributed by atoms with E-state index >= 15 is 0 Å². The van der Waals surface area contributed by atoms with Crippen LogP contribution in [0.15, 0.2) is 53.5 Å². The lowest BCUT2D eigenvalue weighted by atomic mass is 9.98. The van der Waals surface area contributed by atoms with Gasteiger partial charge in [-0.05, 0) is 55.2 Å². The Morgan fingerprint density at radius 2 is 2.00 bits per heavy atom. The van der Waals surface area contributed by atoms with Gasteiger partial charge in [0.15, 0.2) is 5.96 Å². The lowest BCUT2D eigenvalue weighted by Crippen LogP contribution is -2.40. The zero-order valence-electron chi connectivity index (χ0n) is 19.1. The van der Waals surface area contributed by atoms with Crippen molar-refractivity contribution in [1.29, 1.82) is 0 Å². The third kappa shape index (κ3) is 6.00. The number of rotatable bonds is 7. The lowest BCUT2D eigenvalue weighted by Gasteiger charge is -2.22. The van der Waals surface area contributed by atoms with E-state index in [4.69, 9.17) is 9.73 Å². The van der Waals surface area contributed by atoms with Gasteiger partial charge in [-0.3, -0.25) is 9.79 Å². The number of hydrogen-bond acceptors (Lipinski definition) is 3. The molecule has 2 aromatic rings. The van der Waals surface area contributed by atoms with Crippen molar-refractivity contribution < 1.29 is 9.53 Å². The van der Waals surface area contributed by atoms with Crippen LogP contribution in [0.1, 0.15) is 40.7 Å². The minimum absolute atomic E-state index is 0.0281. The monoisotopic (exact) mass is 422 g/mol. The summed E-state index contributed by atoms with van der Waals surface area (Å²) in [6.45, 7) is 5.59. The van der Waals surface area contributed by atoms with Crippen LogP contribution in [-0.2, 0) is 6.42 Å². The summed E-state index contributed by atoms with van der Waals surface area (Å²) in [7, 11) is 5.25. The molecule has 1 aliphatic heterocycles. The zero-order valence-corrected chi connectivity index (χ0v) is 19.1. The molecule has 0 bridgehead atoms. The topological polar surface area (TPSA) is 57.2 Å². The van der Waals surface area contributed by atoms with Gasteiger partial charge in [0.2, 0.25) is 0 Å². The smallest absolute Gasteiger partial charge is 0.253 e. The van der Waals surface area contributed by atoms with Gasteiger partial charge in [0.25, 0.3) is 5.91 Å². The molecular weight excluding hydrogens is 388 g/mol. The fraction of sp³-hybridized carbons (Fsp3) is 0.440. The maximum atomic E-state index is 12.2. The standard InChI is InChI=1S/C25H34N4O2/c1-5-26-25(27-15-13-19-7-6-8-21(17-19)24(30)28(2)3)29-16-14-22(18-29)20-9-11-23(31-4)12-10-20/h6-12,17,22H,5,13-16,18H2,1-4H3,(H,26,27). The van der Waals surface area contributed by atoms with Gasteiger partial charge in [0, 0.05) is 51.8 Å². The minimum Gasteiger partial charge on any atom is -0.497 e. The van der Waals surface area contributed by atoms with Gasteiger partial charge in [-0.2, -0.15) is 0 Å². The number of likely N-dealkylation sites (tertiary alicyclic amines) is 1. The number of carbonyl (C=O) groups excluding carboxylic acids is 1. The van der Waals surface area contributed by atoms with Crippen LogP contribution >= 0.6 is 0 Å². The second-order valence-electron chi connectivity index (χ2n) is 8.09. The van der Waals surface area contributed by atoms with Gasteiger partial charge in [0.05, 0.1) is 7.11 Å². The maximum Gasteiger partial charge on any atom is 0.253 e. The van der Waals surface area contributed by atoms with Crippen molar-refractivity contribution in [3.05, 3.63) is 65.2 Å². The van der Waals surface area contributed by atoms with Crippen LogP contribution in [0.3, 0.4) is 0 Å². The maximum absolute atomic E-state index is 12.2. The lowest BCUT2D eigenvalue weighted by molar-refractivity contribution is 0.0827. The molecule has 0 aliphatic carbocycles. The molecule has 0 saturated carbocycles. The first-order valence-electron chi connectivity index (χ1n) is 11.0. The predicted octanol–water partition coefficient (Wildman–Crippen LogP) is 3.39. The third-order valence-electron chi connectivity index (χ3n) is 5.65. The van der Waals surface area contributed by atoms with Crippen LogP contribution in [0.2, 0.25) is 0 Å². The summed E-state index contributed by atoms with van der Waals surface area (Å²) in [4.78, 5) is 21.0. The molecule has 1 fully saturated rings. The summed E-state index contributed by atoms with van der Waals surface area (Å²) in [5.41, 5.74) is 3.20. The van der Waals surface area contributed by atoms with Gasteiger partial charge in [-0.1, -0.05) is 24.3 Å². The Morgan fingerprint density at radius 3 is 2.68 bits per heavy atom. The SMILES string of the molecule is CCNC(=NCCc1cccc(C(=O)N(C)C)c1)N1CCC(c2ccc(OC)cc2)C1. The highest BCUT2D eigenvalue weighted by atomic mass is 16.5. The Hall–Kier alpha value is -3.02. The van der Waals surface area contributed by atoms with E-state index in [1.807, 2.05) is 30.3 Å². The van der Waals surface area contributed by atoms with Crippen molar-refractivity contribution in [2.45, 2.75) is 25.7 Å². The van der Waals surface area contributed by atoms with Crippen molar-refractivity contribution in [2.24, 2.45) is 4.99 Å². The van der Waals surface area contributed by atoms with Crippen molar-refractivity contribution in [2.75, 3.05) is 47.4 Å². The fourth-order valence-corrected chi connectivity index (χ4v) is 3.94. The molecule has 1 saturated heterocycles. The highest BCUT2D eigenvalue weighted by Gasteiger charge is 2.26. The Balaban J connectivity index is 1.61. The number of methoxy groups -OCH3 is 1. The highest BCUT2D eigenvalue weighted by molar-refractivity contribution is 5.94. The summed E-state index contributed by atoms with van der Waals surface area (Å²) in [5, 5.41) is 3.44. The molecule has 6 heteroatoms. The van der Waals surface area contributed by atoms with Crippen LogP contribution in [0.5, 0.6) is 5.75 Å². The number of benzene rings is 2. The van der Waals surface area contributed by atoms with Crippen molar-refractivity contribution in [3.8, 4) is 5.75 Å². The van der Waals surface area contributed by atoms with Gasteiger partial charge in [-0.25, -0.2) is 0 Å². The molecular formula is C25H34N4O2. The number of hydrogen-bond donors (Lipinski definition) is 1. The molecule has 31 heavy (non-hydrogen) atoms. The number of amides is 1. The largest absolute Gasteiger partial charge is 0.497 e. The summed E-state index contributed by atoms with van der Waals surface area (Å²) in [6, 6.07) is 16.2. The summed E-state index contributed by atoms with van der Waals surface area (Å²) >= 11 is 0. The van der Waals surface area contributed by atoms with E-state index in [1.54, 1.807) is 26.1 Å². The second-order valence-corrected chi connectivity index (χ2v) is 8.09. The molecule has 6 nitrogen and oxygen atoms in total. The highest BCUT2D eigenvalue weighted by Crippen LogP contribution is 2.28. The number of nitrogens with zero attached hydrogens (tertiary/aromatic N) is 3. The van der Waals surface area contributed by atoms with E-state index < -0.39 is 0 Å². The van der Waals surface area contributed by atoms with Gasteiger partial charge >= 0.3 is 0 Å². The molecule has 1 amide bonds. The van der Waals surface area contributed by atoms with Crippen LogP contribution < -0.4 is 10.1 Å². The molecule has 1 heterocycles. The Kier molecular flexibility index (Phi) is 7.93. The van der Waals surface area contributed by atoms with Crippen LogP contribution in [-0.4, -0.2) is 69.1 Å². The Bertz CT molecular complexity index is 893. The molecule has 1 N–H and O–H groups in total. The van der Waals surface area contributed by atoms with E-state index in [-0.39, 0.29) is 5.91 Å². The number of guanidine groups is 1. The van der Waals surface area contributed by atoms with Gasteiger partial charge < -0.3 is 19.9 Å². The van der Waals surface area contributed by atoms with Crippen molar-refractivity contribution >= 4 is 11.9 Å². The minimum atomic E-state index is 0.0281. The molecule has 166 valence electrons. The average Bonchev–Trinajstić information content (AvgIpc) is 3.28. The van der Waals surface area contributed by atoms with Crippen LogP contribution in [0.4, 0.5) is 0 Å². The number of nitrogens with one attached hydrogen (secondary N) is 1. The van der Waals surface area contributed by atoms with E-state index in [2.05, 4.69) is 35.3 Å². The number of aliphatic imine (C=N–C) groups is 1. The summed E-state index contributed by atoms with van der Waals surface area (Å²) < 4.78 is 5.28. The predicted molar refractivity (Wildman–Crippen MR) is 126 cm³/mol. The molecule has 2 aromatic carbocycles. The molecule has 3 rings (SSSR count). The van der Waals surface area contributed by atoms with E-state index in [0.717, 1.165) is 55.3 Å². The van der Waals surface area contributed by atoms with Crippen molar-refractivity contribution in [3.63, 3.8) is 0 Å². The molecule has 1 unspecified atom stereocenters. The van der Waals surface area contributed by atoms with Gasteiger partial charge in [-0.15, -0.1) is 0 Å². The third-order valence-corrected chi connectivity index (χ3v) is 5.65. The van der Waals surface area contributed by atoms with Crippen molar-refractivity contribution in [1.82, 2.24) is 15.1 Å². The molecule has 1 atom stereocenters. The van der Waals surface area contributed by atoms with E-state index in [9.17, 15) is 4.79 Å². The fourth-order valence-electron chi connectivity index (χ4n) is 3.94. The molecule has 1 aliphatic rings. The molecule has 0 radical (unpaired) electrons. The van der Waals surface area contributed by atoms with Crippen LogP contribution in [0.25, 0.3) is 0 Å².